The molecule has 0 radical (unpaired) electrons. The third-order valence-electron chi connectivity index (χ3n) is 2.07. The first kappa shape index (κ1) is 10.9. The Bertz CT molecular complexity index is 476. The van der Waals surface area contributed by atoms with Crippen LogP contribution in [0.4, 0.5) is 4.39 Å². The number of benzene rings is 1. The minimum Gasteiger partial charge on any atom is -0.455 e. The SMILES string of the molecule is Fc1cccc(Oc2cccnc2)c1CCl. The van der Waals surface area contributed by atoms with Gasteiger partial charge in [-0.05, 0) is 24.3 Å². The fourth-order valence-corrected chi connectivity index (χ4v) is 1.56. The summed E-state index contributed by atoms with van der Waals surface area (Å²) in [6, 6.07) is 8.10. The third kappa shape index (κ3) is 2.31. The van der Waals surface area contributed by atoms with Crippen molar-refractivity contribution in [1.29, 1.82) is 0 Å². The van der Waals surface area contributed by atoms with Crippen molar-refractivity contribution in [1.82, 2.24) is 4.98 Å². The zero-order valence-corrected chi connectivity index (χ0v) is 9.12. The Balaban J connectivity index is 2.31. The summed E-state index contributed by atoms with van der Waals surface area (Å²) in [6.07, 6.45) is 3.20. The maximum Gasteiger partial charge on any atom is 0.145 e. The monoisotopic (exact) mass is 237 g/mol. The highest BCUT2D eigenvalue weighted by Gasteiger charge is 2.08. The van der Waals surface area contributed by atoms with Gasteiger partial charge in [-0.25, -0.2) is 4.39 Å². The lowest BCUT2D eigenvalue weighted by Crippen LogP contribution is -1.93. The summed E-state index contributed by atoms with van der Waals surface area (Å²) in [5.74, 6) is 0.682. The fourth-order valence-electron chi connectivity index (χ4n) is 1.30. The van der Waals surface area contributed by atoms with Crippen LogP contribution >= 0.6 is 11.6 Å². The van der Waals surface area contributed by atoms with Crippen molar-refractivity contribution in [2.24, 2.45) is 0 Å². The lowest BCUT2D eigenvalue weighted by atomic mass is 10.2. The first-order chi connectivity index (χ1) is 7.81. The normalized spacial score (nSPS) is 10.1. The molecular weight excluding hydrogens is 229 g/mol. The van der Waals surface area contributed by atoms with E-state index in [1.807, 2.05) is 0 Å². The van der Waals surface area contributed by atoms with Crippen LogP contribution in [0.1, 0.15) is 5.56 Å². The maximum atomic E-state index is 13.4. The van der Waals surface area contributed by atoms with Gasteiger partial charge in [-0.15, -0.1) is 11.6 Å². The second-order valence-corrected chi connectivity index (χ2v) is 3.41. The summed E-state index contributed by atoms with van der Waals surface area (Å²) in [4.78, 5) is 3.91. The summed E-state index contributed by atoms with van der Waals surface area (Å²) in [5.41, 5.74) is 0.355. The minimum absolute atomic E-state index is 0.0717. The van der Waals surface area contributed by atoms with Crippen LogP contribution in [-0.2, 0) is 5.88 Å². The smallest absolute Gasteiger partial charge is 0.145 e. The predicted molar refractivity (Wildman–Crippen MR) is 60.3 cm³/mol. The van der Waals surface area contributed by atoms with Crippen LogP contribution in [0, 0.1) is 5.82 Å². The van der Waals surface area contributed by atoms with Gasteiger partial charge in [-0.2, -0.15) is 0 Å². The molecule has 0 atom stereocenters. The number of nitrogens with zero attached hydrogens (tertiary/aromatic N) is 1. The molecule has 0 saturated carbocycles. The van der Waals surface area contributed by atoms with Gasteiger partial charge in [0.15, 0.2) is 0 Å². The first-order valence-electron chi connectivity index (χ1n) is 4.72. The molecule has 2 rings (SSSR count). The summed E-state index contributed by atoms with van der Waals surface area (Å²) in [7, 11) is 0. The molecule has 0 spiro atoms. The Hall–Kier alpha value is -1.61. The number of halogens is 2. The van der Waals surface area contributed by atoms with E-state index in [9.17, 15) is 4.39 Å². The second-order valence-electron chi connectivity index (χ2n) is 3.14. The Kier molecular flexibility index (Phi) is 3.37. The number of ether oxygens (including phenoxy) is 1. The van der Waals surface area contributed by atoms with Crippen molar-refractivity contribution < 1.29 is 9.13 Å². The Morgan fingerprint density at radius 3 is 2.81 bits per heavy atom. The molecule has 4 heteroatoms. The summed E-state index contributed by atoms with van der Waals surface area (Å²) in [6.45, 7) is 0. The largest absolute Gasteiger partial charge is 0.455 e. The molecule has 0 amide bonds. The van der Waals surface area contributed by atoms with E-state index in [2.05, 4.69) is 4.98 Å². The quantitative estimate of drug-likeness (QED) is 0.759. The summed E-state index contributed by atoms with van der Waals surface area (Å²) in [5, 5.41) is 0. The summed E-state index contributed by atoms with van der Waals surface area (Å²) < 4.78 is 18.9. The molecule has 2 nitrogen and oxygen atoms in total. The molecule has 0 bridgehead atoms. The molecule has 1 aromatic heterocycles. The lowest BCUT2D eigenvalue weighted by molar-refractivity contribution is 0.468. The van der Waals surface area contributed by atoms with E-state index in [4.69, 9.17) is 16.3 Å². The van der Waals surface area contributed by atoms with Crippen LogP contribution in [0.3, 0.4) is 0 Å². The third-order valence-corrected chi connectivity index (χ3v) is 2.34. The number of rotatable bonds is 3. The topological polar surface area (TPSA) is 22.1 Å². The van der Waals surface area contributed by atoms with Gasteiger partial charge in [0, 0.05) is 11.8 Å². The van der Waals surface area contributed by atoms with Crippen LogP contribution in [0.25, 0.3) is 0 Å². The highest BCUT2D eigenvalue weighted by Crippen LogP contribution is 2.27. The van der Waals surface area contributed by atoms with Crippen molar-refractivity contribution in [3.8, 4) is 11.5 Å². The van der Waals surface area contributed by atoms with Gasteiger partial charge < -0.3 is 4.74 Å². The number of hydrogen-bond acceptors (Lipinski definition) is 2. The number of pyridine rings is 1. The van der Waals surface area contributed by atoms with Crippen molar-refractivity contribution in [3.05, 3.63) is 54.1 Å². The van der Waals surface area contributed by atoms with Crippen molar-refractivity contribution in [2.45, 2.75) is 5.88 Å². The average molecular weight is 238 g/mol. The molecule has 0 aliphatic heterocycles. The molecule has 2 aromatic rings. The van der Waals surface area contributed by atoms with E-state index in [-0.39, 0.29) is 11.7 Å². The highest BCUT2D eigenvalue weighted by atomic mass is 35.5. The van der Waals surface area contributed by atoms with Gasteiger partial charge in [0.2, 0.25) is 0 Å². The molecule has 0 N–H and O–H groups in total. The molecular formula is C12H9ClFNO. The molecule has 0 fully saturated rings. The summed E-state index contributed by atoms with van der Waals surface area (Å²) >= 11 is 5.67. The Morgan fingerprint density at radius 2 is 2.12 bits per heavy atom. The van der Waals surface area contributed by atoms with E-state index in [1.54, 1.807) is 36.7 Å². The number of alkyl halides is 1. The van der Waals surface area contributed by atoms with E-state index in [0.717, 1.165) is 0 Å². The zero-order valence-electron chi connectivity index (χ0n) is 8.36. The maximum absolute atomic E-state index is 13.4. The molecule has 1 aromatic carbocycles. The second kappa shape index (κ2) is 4.94. The van der Waals surface area contributed by atoms with Gasteiger partial charge in [-0.3, -0.25) is 4.98 Å². The zero-order chi connectivity index (χ0) is 11.4. The van der Waals surface area contributed by atoms with Crippen LogP contribution in [-0.4, -0.2) is 4.98 Å². The van der Waals surface area contributed by atoms with Crippen LogP contribution in [0.2, 0.25) is 0 Å². The van der Waals surface area contributed by atoms with E-state index >= 15 is 0 Å². The Labute approximate surface area is 97.7 Å². The number of aromatic nitrogens is 1. The Morgan fingerprint density at radius 1 is 1.25 bits per heavy atom. The molecule has 0 saturated heterocycles. The molecule has 0 aliphatic rings. The minimum atomic E-state index is -0.364. The standard InChI is InChI=1S/C12H9ClFNO/c13-7-10-11(14)4-1-5-12(10)16-9-3-2-6-15-8-9/h1-6,8H,7H2. The van der Waals surface area contributed by atoms with Gasteiger partial charge >= 0.3 is 0 Å². The van der Waals surface area contributed by atoms with Crippen molar-refractivity contribution in [3.63, 3.8) is 0 Å². The van der Waals surface area contributed by atoms with Crippen LogP contribution in [0.15, 0.2) is 42.7 Å². The predicted octanol–water partition coefficient (Wildman–Crippen LogP) is 3.75. The average Bonchev–Trinajstić information content (AvgIpc) is 2.31. The molecule has 1 heterocycles. The molecule has 82 valence electrons. The van der Waals surface area contributed by atoms with Gasteiger partial charge in [0.05, 0.1) is 12.1 Å². The molecule has 16 heavy (non-hydrogen) atoms. The molecule has 0 unspecified atom stereocenters. The van der Waals surface area contributed by atoms with Crippen LogP contribution in [0.5, 0.6) is 11.5 Å². The highest BCUT2D eigenvalue weighted by molar-refractivity contribution is 6.17. The van der Waals surface area contributed by atoms with Gasteiger partial charge in [0.25, 0.3) is 0 Å². The van der Waals surface area contributed by atoms with Crippen LogP contribution < -0.4 is 4.74 Å². The molecule has 0 aliphatic carbocycles. The van der Waals surface area contributed by atoms with E-state index in [0.29, 0.717) is 17.1 Å². The number of hydrogen-bond donors (Lipinski definition) is 0. The van der Waals surface area contributed by atoms with Gasteiger partial charge in [-0.1, -0.05) is 6.07 Å². The first-order valence-corrected chi connectivity index (χ1v) is 5.26. The van der Waals surface area contributed by atoms with E-state index < -0.39 is 0 Å². The van der Waals surface area contributed by atoms with E-state index in [1.165, 1.54) is 6.07 Å². The lowest BCUT2D eigenvalue weighted by Gasteiger charge is -2.09. The van der Waals surface area contributed by atoms with Crippen molar-refractivity contribution in [2.75, 3.05) is 0 Å². The van der Waals surface area contributed by atoms with Gasteiger partial charge in [0.1, 0.15) is 17.3 Å². The van der Waals surface area contributed by atoms with Crippen molar-refractivity contribution >= 4 is 11.6 Å². The fraction of sp³-hybridized carbons (Fsp3) is 0.0833.